The van der Waals surface area contributed by atoms with Crippen molar-refractivity contribution in [2.45, 2.75) is 25.0 Å². The van der Waals surface area contributed by atoms with E-state index in [1.54, 1.807) is 6.20 Å². The van der Waals surface area contributed by atoms with Crippen molar-refractivity contribution in [2.75, 3.05) is 5.32 Å². The van der Waals surface area contributed by atoms with E-state index >= 15 is 0 Å². The van der Waals surface area contributed by atoms with Gasteiger partial charge < -0.3 is 10.4 Å². The van der Waals surface area contributed by atoms with Crippen molar-refractivity contribution >= 4 is 5.82 Å². The Morgan fingerprint density at radius 1 is 1.50 bits per heavy atom. The summed E-state index contributed by atoms with van der Waals surface area (Å²) in [4.78, 5) is 7.83. The topological polar surface area (TPSA) is 58.0 Å². The van der Waals surface area contributed by atoms with E-state index in [0.29, 0.717) is 6.04 Å². The van der Waals surface area contributed by atoms with Crippen LogP contribution in [0.15, 0.2) is 18.6 Å². The lowest BCUT2D eigenvalue weighted by molar-refractivity contribution is 0.0835. The molecule has 4 nitrogen and oxygen atoms in total. The van der Waals surface area contributed by atoms with E-state index in [1.807, 2.05) is 6.07 Å². The number of aliphatic hydroxyl groups excluding tert-OH is 1. The van der Waals surface area contributed by atoms with Crippen molar-refractivity contribution in [3.8, 4) is 0 Å². The zero-order valence-corrected chi connectivity index (χ0v) is 6.64. The molecule has 2 N–H and O–H groups in total. The highest BCUT2D eigenvalue weighted by atomic mass is 16.3. The number of anilines is 1. The molecule has 2 rings (SSSR count). The van der Waals surface area contributed by atoms with Crippen LogP contribution in [0.2, 0.25) is 0 Å². The van der Waals surface area contributed by atoms with Crippen LogP contribution < -0.4 is 5.32 Å². The minimum Gasteiger partial charge on any atom is -0.393 e. The van der Waals surface area contributed by atoms with E-state index in [-0.39, 0.29) is 6.10 Å². The third kappa shape index (κ3) is 1.53. The molecule has 1 heterocycles. The van der Waals surface area contributed by atoms with E-state index in [9.17, 15) is 0 Å². The van der Waals surface area contributed by atoms with Crippen molar-refractivity contribution in [2.24, 2.45) is 0 Å². The van der Waals surface area contributed by atoms with Crippen LogP contribution in [0.5, 0.6) is 0 Å². The fourth-order valence-corrected chi connectivity index (χ4v) is 1.29. The number of aromatic nitrogens is 2. The molecular formula is C8H11N3O. The van der Waals surface area contributed by atoms with E-state index in [4.69, 9.17) is 5.11 Å². The van der Waals surface area contributed by atoms with Gasteiger partial charge in [-0.15, -0.1) is 0 Å². The zero-order chi connectivity index (χ0) is 8.39. The van der Waals surface area contributed by atoms with Gasteiger partial charge >= 0.3 is 0 Å². The number of rotatable bonds is 2. The zero-order valence-electron chi connectivity index (χ0n) is 6.64. The van der Waals surface area contributed by atoms with Gasteiger partial charge in [-0.1, -0.05) is 0 Å². The molecule has 0 aliphatic heterocycles. The Kier molecular flexibility index (Phi) is 1.91. The number of hydrogen-bond donors (Lipinski definition) is 2. The number of aliphatic hydroxyl groups is 1. The van der Waals surface area contributed by atoms with Gasteiger partial charge in [-0.2, -0.15) is 0 Å². The normalized spacial score (nSPS) is 27.8. The molecule has 0 bridgehead atoms. The molecule has 64 valence electrons. The molecule has 1 aromatic rings. The first-order valence-electron chi connectivity index (χ1n) is 4.05. The first kappa shape index (κ1) is 7.49. The molecule has 1 aliphatic carbocycles. The van der Waals surface area contributed by atoms with E-state index in [2.05, 4.69) is 15.3 Å². The van der Waals surface area contributed by atoms with Gasteiger partial charge in [0, 0.05) is 12.2 Å². The predicted molar refractivity (Wildman–Crippen MR) is 44.7 cm³/mol. The van der Waals surface area contributed by atoms with Crippen molar-refractivity contribution in [1.29, 1.82) is 0 Å². The maximum atomic E-state index is 9.02. The van der Waals surface area contributed by atoms with Gasteiger partial charge in [0.25, 0.3) is 0 Å². The summed E-state index contributed by atoms with van der Waals surface area (Å²) in [6.45, 7) is 0. The second kappa shape index (κ2) is 3.06. The average Bonchev–Trinajstić information content (AvgIpc) is 2.04. The van der Waals surface area contributed by atoms with E-state index in [1.165, 1.54) is 6.33 Å². The highest BCUT2D eigenvalue weighted by molar-refractivity contribution is 5.33. The van der Waals surface area contributed by atoms with Crippen LogP contribution in [-0.4, -0.2) is 27.2 Å². The average molecular weight is 165 g/mol. The Hall–Kier alpha value is -1.16. The van der Waals surface area contributed by atoms with Crippen molar-refractivity contribution in [3.05, 3.63) is 18.6 Å². The van der Waals surface area contributed by atoms with E-state index in [0.717, 1.165) is 18.7 Å². The third-order valence-electron chi connectivity index (χ3n) is 2.05. The molecule has 0 radical (unpaired) electrons. The molecule has 1 fully saturated rings. The molecule has 0 aromatic carbocycles. The first-order chi connectivity index (χ1) is 5.84. The summed E-state index contributed by atoms with van der Waals surface area (Å²) in [6, 6.07) is 2.21. The van der Waals surface area contributed by atoms with Crippen LogP contribution in [0.3, 0.4) is 0 Å². The summed E-state index contributed by atoms with van der Waals surface area (Å²) in [5.41, 5.74) is 0. The summed E-state index contributed by atoms with van der Waals surface area (Å²) in [6.07, 6.45) is 4.74. The highest BCUT2D eigenvalue weighted by Gasteiger charge is 2.26. The Labute approximate surface area is 70.7 Å². The SMILES string of the molecule is OC1CC(Nc2ccncn2)C1. The monoisotopic (exact) mass is 165 g/mol. The van der Waals surface area contributed by atoms with Crippen LogP contribution in [0.1, 0.15) is 12.8 Å². The molecule has 0 spiro atoms. The van der Waals surface area contributed by atoms with Gasteiger partial charge in [0.15, 0.2) is 0 Å². The molecule has 4 heteroatoms. The van der Waals surface area contributed by atoms with Gasteiger partial charge in [0.1, 0.15) is 12.1 Å². The first-order valence-corrected chi connectivity index (χ1v) is 4.05. The summed E-state index contributed by atoms with van der Waals surface area (Å²) < 4.78 is 0. The Balaban J connectivity index is 1.88. The fraction of sp³-hybridized carbons (Fsp3) is 0.500. The lowest BCUT2D eigenvalue weighted by atomic mass is 9.89. The largest absolute Gasteiger partial charge is 0.393 e. The van der Waals surface area contributed by atoms with Crippen LogP contribution in [0, 0.1) is 0 Å². The molecule has 12 heavy (non-hydrogen) atoms. The van der Waals surface area contributed by atoms with Crippen molar-refractivity contribution < 1.29 is 5.11 Å². The number of hydrogen-bond acceptors (Lipinski definition) is 4. The molecule has 0 atom stereocenters. The Morgan fingerprint density at radius 3 is 2.92 bits per heavy atom. The fourth-order valence-electron chi connectivity index (χ4n) is 1.29. The minimum absolute atomic E-state index is 0.121. The molecule has 1 aromatic heterocycles. The Bertz CT molecular complexity index is 246. The van der Waals surface area contributed by atoms with Gasteiger partial charge in [0.2, 0.25) is 0 Å². The second-order valence-corrected chi connectivity index (χ2v) is 3.06. The second-order valence-electron chi connectivity index (χ2n) is 3.06. The van der Waals surface area contributed by atoms with Gasteiger partial charge in [-0.3, -0.25) is 0 Å². The van der Waals surface area contributed by atoms with Crippen molar-refractivity contribution in [3.63, 3.8) is 0 Å². The van der Waals surface area contributed by atoms with Crippen LogP contribution >= 0.6 is 0 Å². The molecule has 0 amide bonds. The summed E-state index contributed by atoms with van der Waals surface area (Å²) in [5.74, 6) is 0.835. The third-order valence-corrected chi connectivity index (χ3v) is 2.05. The molecule has 1 aliphatic rings. The standard InChI is InChI=1S/C8H11N3O/c12-7-3-6(4-7)11-8-1-2-9-5-10-8/h1-2,5-7,12H,3-4H2,(H,9,10,11). The number of nitrogens with one attached hydrogen (secondary N) is 1. The minimum atomic E-state index is -0.121. The molecular weight excluding hydrogens is 154 g/mol. The quantitative estimate of drug-likeness (QED) is 0.666. The van der Waals surface area contributed by atoms with Gasteiger partial charge in [0.05, 0.1) is 6.10 Å². The maximum absolute atomic E-state index is 9.02. The molecule has 1 saturated carbocycles. The summed E-state index contributed by atoms with van der Waals surface area (Å²) in [7, 11) is 0. The van der Waals surface area contributed by atoms with Crippen LogP contribution in [0.4, 0.5) is 5.82 Å². The summed E-state index contributed by atoms with van der Waals surface area (Å²) in [5, 5.41) is 12.2. The smallest absolute Gasteiger partial charge is 0.129 e. The molecule has 0 saturated heterocycles. The predicted octanol–water partition coefficient (Wildman–Crippen LogP) is 0.412. The summed E-state index contributed by atoms with van der Waals surface area (Å²) >= 11 is 0. The van der Waals surface area contributed by atoms with Crippen molar-refractivity contribution in [1.82, 2.24) is 9.97 Å². The van der Waals surface area contributed by atoms with Crippen LogP contribution in [0.25, 0.3) is 0 Å². The van der Waals surface area contributed by atoms with Gasteiger partial charge in [-0.05, 0) is 18.9 Å². The Morgan fingerprint density at radius 2 is 2.33 bits per heavy atom. The lowest BCUT2D eigenvalue weighted by Gasteiger charge is -2.32. The molecule has 0 unspecified atom stereocenters. The van der Waals surface area contributed by atoms with E-state index < -0.39 is 0 Å². The maximum Gasteiger partial charge on any atom is 0.129 e. The van der Waals surface area contributed by atoms with Crippen LogP contribution in [-0.2, 0) is 0 Å². The number of nitrogens with zero attached hydrogens (tertiary/aromatic N) is 2. The van der Waals surface area contributed by atoms with Gasteiger partial charge in [-0.25, -0.2) is 9.97 Å². The lowest BCUT2D eigenvalue weighted by Crippen LogP contribution is -2.39. The highest BCUT2D eigenvalue weighted by Crippen LogP contribution is 2.22.